The van der Waals surface area contributed by atoms with E-state index in [-0.39, 0.29) is 6.42 Å². The van der Waals surface area contributed by atoms with Gasteiger partial charge in [0.2, 0.25) is 0 Å². The smallest absolute Gasteiger partial charge is 0.303 e. The van der Waals surface area contributed by atoms with Gasteiger partial charge in [-0.2, -0.15) is 0 Å². The molecule has 0 saturated heterocycles. The maximum Gasteiger partial charge on any atom is 0.303 e. The summed E-state index contributed by atoms with van der Waals surface area (Å²) in [5.74, 6) is -0.763. The summed E-state index contributed by atoms with van der Waals surface area (Å²) in [7, 11) is 0. The van der Waals surface area contributed by atoms with Gasteiger partial charge in [0.05, 0.1) is 12.2 Å². The van der Waals surface area contributed by atoms with Crippen molar-refractivity contribution in [3.05, 3.63) is 60.8 Å². The number of rotatable bonds is 15. The van der Waals surface area contributed by atoms with Crippen molar-refractivity contribution in [1.29, 1.82) is 0 Å². The van der Waals surface area contributed by atoms with E-state index >= 15 is 0 Å². The summed E-state index contributed by atoms with van der Waals surface area (Å²) >= 11 is 0. The standard InChI is InChI=1S/C22H34O4/c1-2-3-10-15-20(23)16-11-7-5-4-6-8-12-17-21(24)18-13-9-14-19-22(25)26/h3,5-8,10-12,16-17,20-21,23-24H,2,4,9,13-15,18-19H2,1H3,(H,25,26)/b7-5?,8-6?,10-3-,16-11+,17-12-. The Hall–Kier alpha value is -1.91. The molecule has 0 heterocycles. The molecule has 0 rings (SSSR count). The third kappa shape index (κ3) is 18.4. The van der Waals surface area contributed by atoms with Crippen LogP contribution in [0.25, 0.3) is 0 Å². The molecule has 3 N–H and O–H groups in total. The van der Waals surface area contributed by atoms with Gasteiger partial charge in [-0.3, -0.25) is 4.79 Å². The molecule has 0 spiro atoms. The molecule has 0 aliphatic carbocycles. The van der Waals surface area contributed by atoms with E-state index in [9.17, 15) is 15.0 Å². The van der Waals surface area contributed by atoms with Crippen molar-refractivity contribution in [3.8, 4) is 0 Å². The number of carbonyl (C=O) groups is 1. The molecule has 4 heteroatoms. The van der Waals surface area contributed by atoms with E-state index < -0.39 is 18.2 Å². The lowest BCUT2D eigenvalue weighted by Gasteiger charge is -2.03. The lowest BCUT2D eigenvalue weighted by molar-refractivity contribution is -0.137. The number of hydrogen-bond donors (Lipinski definition) is 3. The van der Waals surface area contributed by atoms with Crippen LogP contribution < -0.4 is 0 Å². The zero-order chi connectivity index (χ0) is 19.5. The first kappa shape index (κ1) is 24.1. The summed E-state index contributed by atoms with van der Waals surface area (Å²) in [5, 5.41) is 28.0. The quantitative estimate of drug-likeness (QED) is 0.224. The molecule has 2 atom stereocenters. The molecule has 0 aromatic rings. The number of carboxylic acids is 1. The fourth-order valence-corrected chi connectivity index (χ4v) is 2.16. The largest absolute Gasteiger partial charge is 0.481 e. The molecule has 0 aromatic carbocycles. The van der Waals surface area contributed by atoms with E-state index in [0.29, 0.717) is 19.3 Å². The Morgan fingerprint density at radius 1 is 0.846 bits per heavy atom. The Kier molecular flexibility index (Phi) is 16.6. The lowest BCUT2D eigenvalue weighted by Crippen LogP contribution is -2.01. The van der Waals surface area contributed by atoms with E-state index in [1.165, 1.54) is 0 Å². The first-order chi connectivity index (χ1) is 12.6. The average molecular weight is 363 g/mol. The molecule has 0 saturated carbocycles. The normalized spacial score (nSPS) is 15.2. The molecule has 0 aliphatic heterocycles. The third-order valence-corrected chi connectivity index (χ3v) is 3.60. The SMILES string of the molecule is CC/C=C\CC(O)/C=C/C=CCC=C/C=C\C(O)CCCCCC(=O)O. The Morgan fingerprint density at radius 2 is 1.50 bits per heavy atom. The highest BCUT2D eigenvalue weighted by Gasteiger charge is 2.00. The fourth-order valence-electron chi connectivity index (χ4n) is 2.16. The average Bonchev–Trinajstić information content (AvgIpc) is 2.60. The predicted molar refractivity (Wildman–Crippen MR) is 108 cm³/mol. The monoisotopic (exact) mass is 362 g/mol. The van der Waals surface area contributed by atoms with Crippen LogP contribution in [0.5, 0.6) is 0 Å². The van der Waals surface area contributed by atoms with Gasteiger partial charge in [0.15, 0.2) is 0 Å². The third-order valence-electron chi connectivity index (χ3n) is 3.60. The highest BCUT2D eigenvalue weighted by Crippen LogP contribution is 2.07. The molecular weight excluding hydrogens is 328 g/mol. The number of allylic oxidation sites excluding steroid dienone is 7. The molecule has 0 amide bonds. The minimum atomic E-state index is -0.763. The molecule has 0 aliphatic rings. The number of aliphatic carboxylic acids is 1. The van der Waals surface area contributed by atoms with Gasteiger partial charge >= 0.3 is 5.97 Å². The van der Waals surface area contributed by atoms with Gasteiger partial charge in [-0.1, -0.05) is 80.5 Å². The molecule has 0 aromatic heterocycles. The van der Waals surface area contributed by atoms with Crippen molar-refractivity contribution < 1.29 is 20.1 Å². The molecule has 2 unspecified atom stereocenters. The minimum Gasteiger partial charge on any atom is -0.481 e. The number of unbranched alkanes of at least 4 members (excludes halogenated alkanes) is 2. The summed E-state index contributed by atoms with van der Waals surface area (Å²) in [6, 6.07) is 0. The Labute approximate surface area is 157 Å². The number of carboxylic acid groups (broad SMARTS) is 1. The summed E-state index contributed by atoms with van der Waals surface area (Å²) < 4.78 is 0. The highest BCUT2D eigenvalue weighted by atomic mass is 16.4. The second kappa shape index (κ2) is 17.9. The molecule has 146 valence electrons. The van der Waals surface area contributed by atoms with E-state index in [4.69, 9.17) is 5.11 Å². The van der Waals surface area contributed by atoms with Crippen LogP contribution in [0.2, 0.25) is 0 Å². The Bertz CT molecular complexity index is 486. The topological polar surface area (TPSA) is 77.8 Å². The minimum absolute atomic E-state index is 0.201. The zero-order valence-electron chi connectivity index (χ0n) is 15.8. The summed E-state index contributed by atoms with van der Waals surface area (Å²) in [4.78, 5) is 10.4. The van der Waals surface area contributed by atoms with Crippen LogP contribution in [0.4, 0.5) is 0 Å². The van der Waals surface area contributed by atoms with Gasteiger partial charge < -0.3 is 15.3 Å². The maximum absolute atomic E-state index is 10.4. The van der Waals surface area contributed by atoms with Crippen LogP contribution >= 0.6 is 0 Å². The second-order valence-electron chi connectivity index (χ2n) is 6.10. The van der Waals surface area contributed by atoms with Gasteiger partial charge in [0.25, 0.3) is 0 Å². The number of aliphatic hydroxyl groups is 2. The van der Waals surface area contributed by atoms with Gasteiger partial charge in [0, 0.05) is 6.42 Å². The molecule has 4 nitrogen and oxygen atoms in total. The van der Waals surface area contributed by atoms with Gasteiger partial charge in [-0.05, 0) is 32.1 Å². The van der Waals surface area contributed by atoms with Crippen LogP contribution in [0.1, 0.15) is 58.3 Å². The Morgan fingerprint density at radius 3 is 2.12 bits per heavy atom. The fraction of sp³-hybridized carbons (Fsp3) is 0.500. The van der Waals surface area contributed by atoms with Crippen molar-refractivity contribution in [2.75, 3.05) is 0 Å². The molecule has 0 fully saturated rings. The van der Waals surface area contributed by atoms with Crippen molar-refractivity contribution in [2.24, 2.45) is 0 Å². The van der Waals surface area contributed by atoms with Gasteiger partial charge in [-0.25, -0.2) is 0 Å². The maximum atomic E-state index is 10.4. The number of aliphatic hydroxyl groups excluding tert-OH is 2. The van der Waals surface area contributed by atoms with Crippen molar-refractivity contribution in [3.63, 3.8) is 0 Å². The summed E-state index contributed by atoms with van der Waals surface area (Å²) in [6.07, 6.45) is 23.7. The van der Waals surface area contributed by atoms with Crippen LogP contribution in [-0.4, -0.2) is 33.5 Å². The van der Waals surface area contributed by atoms with Crippen LogP contribution in [0.3, 0.4) is 0 Å². The van der Waals surface area contributed by atoms with Crippen molar-refractivity contribution >= 4 is 5.97 Å². The number of hydrogen-bond acceptors (Lipinski definition) is 3. The molecule has 0 bridgehead atoms. The molecular formula is C22H34O4. The van der Waals surface area contributed by atoms with Gasteiger partial charge in [-0.15, -0.1) is 0 Å². The molecule has 26 heavy (non-hydrogen) atoms. The van der Waals surface area contributed by atoms with Crippen LogP contribution in [0, 0.1) is 0 Å². The van der Waals surface area contributed by atoms with Crippen LogP contribution in [-0.2, 0) is 4.79 Å². The summed E-state index contributed by atoms with van der Waals surface area (Å²) in [5.41, 5.74) is 0. The second-order valence-corrected chi connectivity index (χ2v) is 6.10. The summed E-state index contributed by atoms with van der Waals surface area (Å²) in [6.45, 7) is 2.07. The highest BCUT2D eigenvalue weighted by molar-refractivity contribution is 5.66. The Balaban J connectivity index is 3.76. The van der Waals surface area contributed by atoms with E-state index in [0.717, 1.165) is 25.7 Å². The van der Waals surface area contributed by atoms with Crippen molar-refractivity contribution in [2.45, 2.75) is 70.5 Å². The first-order valence-electron chi connectivity index (χ1n) is 9.45. The predicted octanol–water partition coefficient (Wildman–Crippen LogP) is 4.71. The van der Waals surface area contributed by atoms with E-state index in [2.05, 4.69) is 6.92 Å². The lowest BCUT2D eigenvalue weighted by atomic mass is 10.1. The zero-order valence-corrected chi connectivity index (χ0v) is 15.8. The van der Waals surface area contributed by atoms with E-state index in [1.807, 2.05) is 48.6 Å². The van der Waals surface area contributed by atoms with Crippen LogP contribution in [0.15, 0.2) is 60.8 Å². The van der Waals surface area contributed by atoms with Gasteiger partial charge in [0.1, 0.15) is 0 Å². The molecule has 0 radical (unpaired) electrons. The first-order valence-corrected chi connectivity index (χ1v) is 9.45. The van der Waals surface area contributed by atoms with E-state index in [1.54, 1.807) is 12.2 Å². The van der Waals surface area contributed by atoms with Crippen molar-refractivity contribution in [1.82, 2.24) is 0 Å².